The third kappa shape index (κ3) is 5.37. The van der Waals surface area contributed by atoms with Gasteiger partial charge in [-0.05, 0) is 29.8 Å². The molecule has 0 spiro atoms. The van der Waals surface area contributed by atoms with Crippen LogP contribution in [-0.2, 0) is 20.4 Å². The van der Waals surface area contributed by atoms with Crippen LogP contribution in [-0.4, -0.2) is 27.2 Å². The Morgan fingerprint density at radius 3 is 2.61 bits per heavy atom. The van der Waals surface area contributed by atoms with E-state index in [1.807, 2.05) is 6.07 Å². The van der Waals surface area contributed by atoms with Crippen LogP contribution in [0.5, 0.6) is 5.75 Å². The number of carbonyl (C=O) groups is 1. The SMILES string of the molecule is COc1ccccc1NC(=O)CS(=O)(=O)Cc1cccc(Br)c1. The van der Waals surface area contributed by atoms with Crippen LogP contribution in [0.1, 0.15) is 5.56 Å². The first-order valence-corrected chi connectivity index (χ1v) is 9.39. The quantitative estimate of drug-likeness (QED) is 0.812. The van der Waals surface area contributed by atoms with E-state index in [0.29, 0.717) is 17.0 Å². The molecule has 1 amide bonds. The molecule has 2 aromatic carbocycles. The van der Waals surface area contributed by atoms with E-state index in [1.165, 1.54) is 7.11 Å². The maximum Gasteiger partial charge on any atom is 0.239 e. The predicted molar refractivity (Wildman–Crippen MR) is 93.3 cm³/mol. The van der Waals surface area contributed by atoms with Crippen molar-refractivity contribution in [2.24, 2.45) is 0 Å². The number of benzene rings is 2. The molecule has 7 heteroatoms. The van der Waals surface area contributed by atoms with Crippen LogP contribution in [0.3, 0.4) is 0 Å². The molecule has 0 atom stereocenters. The largest absolute Gasteiger partial charge is 0.495 e. The lowest BCUT2D eigenvalue weighted by molar-refractivity contribution is -0.113. The Morgan fingerprint density at radius 1 is 1.17 bits per heavy atom. The highest BCUT2D eigenvalue weighted by atomic mass is 79.9. The lowest BCUT2D eigenvalue weighted by atomic mass is 10.2. The summed E-state index contributed by atoms with van der Waals surface area (Å²) in [7, 11) is -2.08. The Balaban J connectivity index is 2.04. The highest BCUT2D eigenvalue weighted by molar-refractivity contribution is 9.10. The first-order chi connectivity index (χ1) is 10.9. The fourth-order valence-corrected chi connectivity index (χ4v) is 3.77. The van der Waals surface area contributed by atoms with Gasteiger partial charge in [0, 0.05) is 4.47 Å². The fraction of sp³-hybridized carbons (Fsp3) is 0.188. The van der Waals surface area contributed by atoms with Gasteiger partial charge in [0.2, 0.25) is 5.91 Å². The Morgan fingerprint density at radius 2 is 1.91 bits per heavy atom. The molecule has 0 bridgehead atoms. The smallest absolute Gasteiger partial charge is 0.239 e. The average Bonchev–Trinajstić information content (AvgIpc) is 2.46. The number of carbonyl (C=O) groups excluding carboxylic acids is 1. The molecule has 5 nitrogen and oxygen atoms in total. The molecular weight excluding hydrogens is 382 g/mol. The summed E-state index contributed by atoms with van der Waals surface area (Å²) in [4.78, 5) is 12.0. The van der Waals surface area contributed by atoms with Gasteiger partial charge in [-0.1, -0.05) is 40.2 Å². The second-order valence-corrected chi connectivity index (χ2v) is 7.89. The summed E-state index contributed by atoms with van der Waals surface area (Å²) >= 11 is 3.29. The maximum atomic E-state index is 12.2. The molecule has 1 N–H and O–H groups in total. The van der Waals surface area contributed by atoms with Gasteiger partial charge < -0.3 is 10.1 Å². The van der Waals surface area contributed by atoms with E-state index in [-0.39, 0.29) is 5.75 Å². The molecule has 23 heavy (non-hydrogen) atoms. The van der Waals surface area contributed by atoms with Crippen LogP contribution < -0.4 is 10.1 Å². The van der Waals surface area contributed by atoms with Gasteiger partial charge in [-0.15, -0.1) is 0 Å². The fourth-order valence-electron chi connectivity index (χ4n) is 2.07. The predicted octanol–water partition coefficient (Wildman–Crippen LogP) is 3.01. The Bertz CT molecular complexity index is 805. The standard InChI is InChI=1S/C16H16BrNO4S/c1-22-15-8-3-2-7-14(15)18-16(19)11-23(20,21)10-12-5-4-6-13(17)9-12/h2-9H,10-11H2,1H3,(H,18,19). The van der Waals surface area contributed by atoms with Crippen molar-refractivity contribution >= 4 is 37.4 Å². The van der Waals surface area contributed by atoms with Crippen molar-refractivity contribution in [2.75, 3.05) is 18.2 Å². The second kappa shape index (κ2) is 7.61. The van der Waals surface area contributed by atoms with Crippen LogP contribution in [0.15, 0.2) is 53.0 Å². The van der Waals surface area contributed by atoms with Crippen LogP contribution >= 0.6 is 15.9 Å². The molecule has 0 aliphatic rings. The van der Waals surface area contributed by atoms with E-state index in [9.17, 15) is 13.2 Å². The van der Waals surface area contributed by atoms with Gasteiger partial charge in [0.15, 0.2) is 9.84 Å². The zero-order chi connectivity index (χ0) is 16.9. The van der Waals surface area contributed by atoms with Crippen molar-refractivity contribution in [3.05, 3.63) is 58.6 Å². The monoisotopic (exact) mass is 397 g/mol. The third-order valence-electron chi connectivity index (χ3n) is 3.01. The number of ether oxygens (including phenoxy) is 1. The number of nitrogens with one attached hydrogen (secondary N) is 1. The number of methoxy groups -OCH3 is 1. The minimum atomic E-state index is -3.56. The van der Waals surface area contributed by atoms with E-state index in [4.69, 9.17) is 4.74 Å². The number of sulfone groups is 1. The lowest BCUT2D eigenvalue weighted by Crippen LogP contribution is -2.24. The third-order valence-corrected chi connectivity index (χ3v) is 4.98. The maximum absolute atomic E-state index is 12.2. The van der Waals surface area contributed by atoms with Crippen molar-refractivity contribution < 1.29 is 17.9 Å². The molecule has 122 valence electrons. The van der Waals surface area contributed by atoms with Gasteiger partial charge in [0.1, 0.15) is 11.5 Å². The number of hydrogen-bond acceptors (Lipinski definition) is 4. The van der Waals surface area contributed by atoms with Crippen molar-refractivity contribution in [3.8, 4) is 5.75 Å². The Labute approximate surface area is 143 Å². The summed E-state index contributed by atoms with van der Waals surface area (Å²) in [6.45, 7) is 0. The second-order valence-electron chi connectivity index (χ2n) is 4.91. The highest BCUT2D eigenvalue weighted by Gasteiger charge is 2.18. The minimum Gasteiger partial charge on any atom is -0.495 e. The zero-order valence-electron chi connectivity index (χ0n) is 12.5. The summed E-state index contributed by atoms with van der Waals surface area (Å²) in [5.74, 6) is -0.890. The van der Waals surface area contributed by atoms with Gasteiger partial charge in [-0.25, -0.2) is 8.42 Å². The van der Waals surface area contributed by atoms with Gasteiger partial charge >= 0.3 is 0 Å². The van der Waals surface area contributed by atoms with Gasteiger partial charge in [-0.2, -0.15) is 0 Å². The van der Waals surface area contributed by atoms with Crippen molar-refractivity contribution in [2.45, 2.75) is 5.75 Å². The van der Waals surface area contributed by atoms with Crippen LogP contribution in [0.2, 0.25) is 0 Å². The number of rotatable bonds is 6. The van der Waals surface area contributed by atoms with Gasteiger partial charge in [0.05, 0.1) is 18.6 Å². The molecule has 0 radical (unpaired) electrons. The number of amides is 1. The molecule has 0 fully saturated rings. The number of anilines is 1. The number of para-hydroxylation sites is 2. The van der Waals surface area contributed by atoms with Crippen LogP contribution in [0.4, 0.5) is 5.69 Å². The molecule has 0 unspecified atom stereocenters. The van der Waals surface area contributed by atoms with E-state index in [2.05, 4.69) is 21.2 Å². The van der Waals surface area contributed by atoms with Crippen molar-refractivity contribution in [1.29, 1.82) is 0 Å². The van der Waals surface area contributed by atoms with Crippen LogP contribution in [0.25, 0.3) is 0 Å². The average molecular weight is 398 g/mol. The van der Waals surface area contributed by atoms with Gasteiger partial charge in [0.25, 0.3) is 0 Å². The summed E-state index contributed by atoms with van der Waals surface area (Å²) in [6, 6.07) is 13.8. The molecule has 0 aromatic heterocycles. The minimum absolute atomic E-state index is 0.189. The van der Waals surface area contributed by atoms with Gasteiger partial charge in [-0.3, -0.25) is 4.79 Å². The van der Waals surface area contributed by atoms with Crippen molar-refractivity contribution in [1.82, 2.24) is 0 Å². The van der Waals surface area contributed by atoms with E-state index in [1.54, 1.807) is 42.5 Å². The topological polar surface area (TPSA) is 72.5 Å². The number of halogens is 1. The van der Waals surface area contributed by atoms with E-state index >= 15 is 0 Å². The van der Waals surface area contributed by atoms with E-state index < -0.39 is 21.5 Å². The molecule has 0 heterocycles. The normalized spacial score (nSPS) is 11.0. The summed E-state index contributed by atoms with van der Waals surface area (Å²) < 4.78 is 30.2. The first-order valence-electron chi connectivity index (χ1n) is 6.77. The number of hydrogen-bond donors (Lipinski definition) is 1. The van der Waals surface area contributed by atoms with Crippen LogP contribution in [0, 0.1) is 0 Å². The summed E-state index contributed by atoms with van der Waals surface area (Å²) in [5, 5.41) is 2.56. The molecule has 2 rings (SSSR count). The lowest BCUT2D eigenvalue weighted by Gasteiger charge is -2.10. The molecule has 2 aromatic rings. The molecular formula is C16H16BrNO4S. The highest BCUT2D eigenvalue weighted by Crippen LogP contribution is 2.23. The molecule has 0 saturated carbocycles. The summed E-state index contributed by atoms with van der Waals surface area (Å²) in [6.07, 6.45) is 0. The first kappa shape index (κ1) is 17.5. The summed E-state index contributed by atoms with van der Waals surface area (Å²) in [5.41, 5.74) is 1.07. The molecule has 0 aliphatic carbocycles. The van der Waals surface area contributed by atoms with Crippen molar-refractivity contribution in [3.63, 3.8) is 0 Å². The van der Waals surface area contributed by atoms with E-state index in [0.717, 1.165) is 4.47 Å². The molecule has 0 saturated heterocycles. The Hall–Kier alpha value is -1.86. The molecule has 0 aliphatic heterocycles. The zero-order valence-corrected chi connectivity index (χ0v) is 14.9. The Kier molecular flexibility index (Phi) is 5.79.